The zero-order valence-electron chi connectivity index (χ0n) is 14.3. The molecule has 1 aromatic carbocycles. The van der Waals surface area contributed by atoms with Crippen molar-refractivity contribution in [1.82, 2.24) is 0 Å². The second-order valence-electron chi connectivity index (χ2n) is 6.10. The molecule has 1 heterocycles. The third kappa shape index (κ3) is 4.02. The molecule has 0 saturated heterocycles. The van der Waals surface area contributed by atoms with E-state index in [9.17, 15) is 9.59 Å². The molecule has 0 unspecified atom stereocenters. The van der Waals surface area contributed by atoms with E-state index in [1.54, 1.807) is 31.2 Å². The first-order valence-electron chi connectivity index (χ1n) is 8.44. The number of para-hydroxylation sites is 1. The van der Waals surface area contributed by atoms with Gasteiger partial charge in [0.2, 0.25) is 0 Å². The average molecular weight is 359 g/mol. The number of hydrogen-bond acceptors (Lipinski definition) is 5. The van der Waals surface area contributed by atoms with Crippen molar-refractivity contribution < 1.29 is 19.1 Å². The van der Waals surface area contributed by atoms with Crippen LogP contribution in [-0.4, -0.2) is 18.7 Å². The number of amides is 1. The molecule has 0 fully saturated rings. The topological polar surface area (TPSA) is 64.6 Å². The van der Waals surface area contributed by atoms with Gasteiger partial charge in [-0.15, -0.1) is 11.3 Å². The number of ether oxygens (including phenoxy) is 2. The number of esters is 1. The summed E-state index contributed by atoms with van der Waals surface area (Å²) in [7, 11) is 0. The van der Waals surface area contributed by atoms with Crippen molar-refractivity contribution in [2.24, 2.45) is 5.92 Å². The molecular formula is C19H21NO4S. The molecule has 0 aliphatic heterocycles. The maximum atomic E-state index is 12.4. The van der Waals surface area contributed by atoms with Crippen molar-refractivity contribution >= 4 is 28.4 Å². The molecule has 1 amide bonds. The smallest absolute Gasteiger partial charge is 0.417 e. The Morgan fingerprint density at radius 3 is 2.76 bits per heavy atom. The van der Waals surface area contributed by atoms with E-state index in [4.69, 9.17) is 9.47 Å². The lowest BCUT2D eigenvalue weighted by Gasteiger charge is -2.18. The molecule has 1 aromatic heterocycles. The first-order valence-corrected chi connectivity index (χ1v) is 9.25. The molecule has 1 N–H and O–H groups in total. The Morgan fingerprint density at radius 1 is 1.28 bits per heavy atom. The Kier molecular flexibility index (Phi) is 5.38. The van der Waals surface area contributed by atoms with Gasteiger partial charge in [-0.05, 0) is 49.8 Å². The maximum absolute atomic E-state index is 12.4. The van der Waals surface area contributed by atoms with Crippen molar-refractivity contribution in [3.8, 4) is 5.75 Å². The fraction of sp³-hybridized carbons (Fsp3) is 0.368. The summed E-state index contributed by atoms with van der Waals surface area (Å²) < 4.78 is 10.5. The molecule has 0 radical (unpaired) electrons. The molecule has 2 aromatic rings. The van der Waals surface area contributed by atoms with Crippen LogP contribution >= 0.6 is 11.3 Å². The summed E-state index contributed by atoms with van der Waals surface area (Å²) in [5.74, 6) is 0.641. The van der Waals surface area contributed by atoms with Gasteiger partial charge in [-0.1, -0.05) is 25.1 Å². The predicted octanol–water partition coefficient (Wildman–Crippen LogP) is 4.66. The van der Waals surface area contributed by atoms with E-state index in [1.807, 2.05) is 6.07 Å². The van der Waals surface area contributed by atoms with Crippen LogP contribution in [0.2, 0.25) is 0 Å². The summed E-state index contributed by atoms with van der Waals surface area (Å²) in [4.78, 5) is 25.8. The molecule has 0 saturated carbocycles. The van der Waals surface area contributed by atoms with Gasteiger partial charge in [0.1, 0.15) is 10.8 Å². The van der Waals surface area contributed by atoms with Gasteiger partial charge in [0.25, 0.3) is 0 Å². The second-order valence-corrected chi connectivity index (χ2v) is 7.21. The summed E-state index contributed by atoms with van der Waals surface area (Å²) in [5.41, 5.74) is 1.50. The largest absolute Gasteiger partial charge is 0.462 e. The third-order valence-corrected chi connectivity index (χ3v) is 5.33. The van der Waals surface area contributed by atoms with Crippen LogP contribution in [0.4, 0.5) is 9.80 Å². The molecule has 1 aliphatic carbocycles. The van der Waals surface area contributed by atoms with E-state index < -0.39 is 6.09 Å². The minimum absolute atomic E-state index is 0.299. The van der Waals surface area contributed by atoms with E-state index >= 15 is 0 Å². The van der Waals surface area contributed by atoms with Crippen LogP contribution in [-0.2, 0) is 17.6 Å². The predicted molar refractivity (Wildman–Crippen MR) is 97.6 cm³/mol. The van der Waals surface area contributed by atoms with Gasteiger partial charge in [-0.2, -0.15) is 0 Å². The Morgan fingerprint density at radius 2 is 2.04 bits per heavy atom. The Hall–Kier alpha value is -2.34. The molecule has 1 atom stereocenters. The summed E-state index contributed by atoms with van der Waals surface area (Å²) >= 11 is 1.45. The van der Waals surface area contributed by atoms with Crippen molar-refractivity contribution in [2.75, 3.05) is 11.9 Å². The van der Waals surface area contributed by atoms with Crippen LogP contribution in [0.25, 0.3) is 0 Å². The summed E-state index contributed by atoms with van der Waals surface area (Å²) in [5, 5.41) is 3.24. The molecule has 1 aliphatic rings. The number of benzene rings is 1. The third-order valence-electron chi connectivity index (χ3n) is 4.16. The van der Waals surface area contributed by atoms with Crippen molar-refractivity contribution in [1.29, 1.82) is 0 Å². The lowest BCUT2D eigenvalue weighted by atomic mass is 9.88. The van der Waals surface area contributed by atoms with Crippen molar-refractivity contribution in [2.45, 2.75) is 33.1 Å². The van der Waals surface area contributed by atoms with Crippen LogP contribution in [0.3, 0.4) is 0 Å². The first kappa shape index (κ1) is 17.5. The quantitative estimate of drug-likeness (QED) is 0.806. The van der Waals surface area contributed by atoms with E-state index in [0.29, 0.717) is 28.8 Å². The summed E-state index contributed by atoms with van der Waals surface area (Å²) in [6.07, 6.45) is 2.17. The molecule has 25 heavy (non-hydrogen) atoms. The normalized spacial score (nSPS) is 16.0. The highest BCUT2D eigenvalue weighted by atomic mass is 32.1. The molecule has 0 bridgehead atoms. The maximum Gasteiger partial charge on any atom is 0.417 e. The Labute approximate surface area is 151 Å². The number of thiophene rings is 1. The van der Waals surface area contributed by atoms with Crippen LogP contribution < -0.4 is 10.1 Å². The number of hydrogen-bond donors (Lipinski definition) is 1. The van der Waals surface area contributed by atoms with Crippen LogP contribution in [0.5, 0.6) is 5.75 Å². The Bertz CT molecular complexity index is 769. The van der Waals surface area contributed by atoms with Crippen LogP contribution in [0.15, 0.2) is 30.3 Å². The number of rotatable bonds is 4. The lowest BCUT2D eigenvalue weighted by Crippen LogP contribution is -2.19. The molecular weight excluding hydrogens is 338 g/mol. The van der Waals surface area contributed by atoms with Crippen LogP contribution in [0.1, 0.15) is 41.1 Å². The lowest BCUT2D eigenvalue weighted by molar-refractivity contribution is 0.0526. The van der Waals surface area contributed by atoms with Crippen molar-refractivity contribution in [3.63, 3.8) is 0 Å². The highest BCUT2D eigenvalue weighted by Crippen LogP contribution is 2.40. The van der Waals surface area contributed by atoms with Crippen molar-refractivity contribution in [3.05, 3.63) is 46.3 Å². The van der Waals surface area contributed by atoms with Gasteiger partial charge in [0.05, 0.1) is 12.2 Å². The molecule has 5 nitrogen and oxygen atoms in total. The van der Waals surface area contributed by atoms with Gasteiger partial charge >= 0.3 is 12.1 Å². The highest BCUT2D eigenvalue weighted by molar-refractivity contribution is 7.17. The fourth-order valence-electron chi connectivity index (χ4n) is 2.97. The van der Waals surface area contributed by atoms with Crippen LogP contribution in [0, 0.1) is 5.92 Å². The minimum atomic E-state index is -0.608. The molecule has 3 rings (SSSR count). The van der Waals surface area contributed by atoms with E-state index in [-0.39, 0.29) is 5.97 Å². The molecule has 0 spiro atoms. The summed E-state index contributed by atoms with van der Waals surface area (Å²) in [6.45, 7) is 4.27. The SMILES string of the molecule is CCOC(=O)c1c(NC(=O)Oc2ccccc2)sc2c1CC[C@@H](C)C2. The second kappa shape index (κ2) is 7.70. The number of fused-ring (bicyclic) bond motifs is 1. The van der Waals surface area contributed by atoms with E-state index in [1.165, 1.54) is 11.3 Å². The minimum Gasteiger partial charge on any atom is -0.462 e. The van der Waals surface area contributed by atoms with E-state index in [2.05, 4.69) is 12.2 Å². The summed E-state index contributed by atoms with van der Waals surface area (Å²) in [6, 6.07) is 8.83. The number of anilines is 1. The fourth-order valence-corrected chi connectivity index (χ4v) is 4.36. The number of carbonyl (C=O) groups excluding carboxylic acids is 2. The zero-order valence-corrected chi connectivity index (χ0v) is 15.2. The van der Waals surface area contributed by atoms with Gasteiger partial charge in [-0.3, -0.25) is 5.32 Å². The highest BCUT2D eigenvalue weighted by Gasteiger charge is 2.29. The average Bonchev–Trinajstić information content (AvgIpc) is 2.92. The van der Waals surface area contributed by atoms with Gasteiger partial charge < -0.3 is 9.47 Å². The molecule has 6 heteroatoms. The molecule has 132 valence electrons. The first-order chi connectivity index (χ1) is 12.1. The number of carbonyl (C=O) groups is 2. The van der Waals surface area contributed by atoms with E-state index in [0.717, 1.165) is 29.7 Å². The Balaban J connectivity index is 1.84. The van der Waals surface area contributed by atoms with Gasteiger partial charge in [-0.25, -0.2) is 9.59 Å². The monoisotopic (exact) mass is 359 g/mol. The zero-order chi connectivity index (χ0) is 17.8. The van der Waals surface area contributed by atoms with Gasteiger partial charge in [0, 0.05) is 4.88 Å². The van der Waals surface area contributed by atoms with Gasteiger partial charge in [0.15, 0.2) is 0 Å². The standard InChI is InChI=1S/C19H21NO4S/c1-3-23-18(21)16-14-10-9-12(2)11-15(14)25-17(16)20-19(22)24-13-7-5-4-6-8-13/h4-8,12H,3,9-11H2,1-2H3,(H,20,22)/t12-/m1/s1. The number of nitrogens with one attached hydrogen (secondary N) is 1.